The average molecular weight is 282 g/mol. The Kier molecular flexibility index (Phi) is 4.75. The Labute approximate surface area is 117 Å². The molecule has 0 amide bonds. The maximum Gasteiger partial charge on any atom is 0.124 e. The number of alkyl halides is 1. The van der Waals surface area contributed by atoms with Gasteiger partial charge in [-0.1, -0.05) is 24.3 Å². The first kappa shape index (κ1) is 13.5. The summed E-state index contributed by atoms with van der Waals surface area (Å²) in [7, 11) is 0. The molecule has 0 aliphatic heterocycles. The number of ether oxygens (including phenoxy) is 1. The third-order valence-corrected chi connectivity index (χ3v) is 3.71. The highest BCUT2D eigenvalue weighted by molar-refractivity contribution is 7.13. The highest BCUT2D eigenvalue weighted by Crippen LogP contribution is 2.28. The minimum Gasteiger partial charge on any atom is -0.374 e. The van der Waals surface area contributed by atoms with E-state index in [4.69, 9.17) is 16.3 Å². The number of halogens is 1. The van der Waals surface area contributed by atoms with Gasteiger partial charge in [0, 0.05) is 10.9 Å². The third-order valence-electron chi connectivity index (χ3n) is 2.51. The summed E-state index contributed by atoms with van der Waals surface area (Å²) >= 11 is 7.41. The number of thiazole rings is 1. The largest absolute Gasteiger partial charge is 0.374 e. The molecule has 0 saturated heterocycles. The maximum absolute atomic E-state index is 5.79. The van der Waals surface area contributed by atoms with Crippen molar-refractivity contribution < 1.29 is 4.74 Å². The van der Waals surface area contributed by atoms with E-state index in [1.54, 1.807) is 11.3 Å². The van der Waals surface area contributed by atoms with Crippen LogP contribution in [0.4, 0.5) is 0 Å². The zero-order valence-corrected chi connectivity index (χ0v) is 12.1. The Hall–Kier alpha value is -0.900. The predicted octanol–water partition coefficient (Wildman–Crippen LogP) is 4.47. The van der Waals surface area contributed by atoms with Gasteiger partial charge in [0.05, 0.1) is 24.3 Å². The van der Waals surface area contributed by atoms with Crippen LogP contribution in [0.2, 0.25) is 0 Å². The van der Waals surface area contributed by atoms with Crippen LogP contribution in [-0.4, -0.2) is 11.1 Å². The molecular formula is C14H16ClNOS. The normalized spacial score (nSPS) is 11.1. The lowest BCUT2D eigenvalue weighted by atomic mass is 10.1. The van der Waals surface area contributed by atoms with E-state index in [9.17, 15) is 0 Å². The van der Waals surface area contributed by atoms with Crippen molar-refractivity contribution in [3.8, 4) is 10.6 Å². The highest BCUT2D eigenvalue weighted by Gasteiger charge is 2.09. The van der Waals surface area contributed by atoms with E-state index in [0.29, 0.717) is 12.5 Å². The zero-order valence-electron chi connectivity index (χ0n) is 10.5. The van der Waals surface area contributed by atoms with Crippen molar-refractivity contribution in [2.24, 2.45) is 0 Å². The van der Waals surface area contributed by atoms with Crippen molar-refractivity contribution in [2.75, 3.05) is 0 Å². The maximum atomic E-state index is 5.79. The Morgan fingerprint density at radius 1 is 1.33 bits per heavy atom. The minimum absolute atomic E-state index is 0.229. The van der Waals surface area contributed by atoms with E-state index in [0.717, 1.165) is 16.3 Å². The van der Waals surface area contributed by atoms with Crippen molar-refractivity contribution in [1.29, 1.82) is 0 Å². The summed E-state index contributed by atoms with van der Waals surface area (Å²) in [6.07, 6.45) is 0.229. The molecule has 96 valence electrons. The van der Waals surface area contributed by atoms with E-state index in [2.05, 4.69) is 17.1 Å². The summed E-state index contributed by atoms with van der Waals surface area (Å²) in [4.78, 5) is 4.52. The number of nitrogens with zero attached hydrogens (tertiary/aromatic N) is 1. The van der Waals surface area contributed by atoms with Crippen molar-refractivity contribution in [2.45, 2.75) is 32.4 Å². The summed E-state index contributed by atoms with van der Waals surface area (Å²) < 4.78 is 5.67. The van der Waals surface area contributed by atoms with Crippen molar-refractivity contribution in [3.05, 3.63) is 40.9 Å². The van der Waals surface area contributed by atoms with Crippen molar-refractivity contribution in [1.82, 2.24) is 4.98 Å². The minimum atomic E-state index is 0.229. The molecule has 2 aromatic rings. The van der Waals surface area contributed by atoms with E-state index in [-0.39, 0.29) is 6.10 Å². The van der Waals surface area contributed by atoms with Crippen LogP contribution in [0.3, 0.4) is 0 Å². The molecule has 0 radical (unpaired) electrons. The molecule has 0 bridgehead atoms. The SMILES string of the molecule is CC(C)OCc1ccccc1-c1nc(CCl)cs1. The lowest BCUT2D eigenvalue weighted by molar-refractivity contribution is 0.0660. The Morgan fingerprint density at radius 3 is 2.78 bits per heavy atom. The fourth-order valence-corrected chi connectivity index (χ4v) is 2.71. The molecule has 0 N–H and O–H groups in total. The fourth-order valence-electron chi connectivity index (χ4n) is 1.60. The lowest BCUT2D eigenvalue weighted by Crippen LogP contribution is -2.03. The second-order valence-corrected chi connectivity index (χ2v) is 5.42. The first-order valence-corrected chi connectivity index (χ1v) is 7.32. The molecule has 18 heavy (non-hydrogen) atoms. The Bertz CT molecular complexity index is 510. The average Bonchev–Trinajstić information content (AvgIpc) is 2.85. The van der Waals surface area contributed by atoms with Gasteiger partial charge in [0.15, 0.2) is 0 Å². The second-order valence-electron chi connectivity index (χ2n) is 4.29. The second kappa shape index (κ2) is 6.32. The molecule has 1 heterocycles. The molecule has 1 aromatic carbocycles. The number of aromatic nitrogens is 1. The summed E-state index contributed by atoms with van der Waals surface area (Å²) in [6, 6.07) is 8.21. The third kappa shape index (κ3) is 3.31. The van der Waals surface area contributed by atoms with E-state index < -0.39 is 0 Å². The van der Waals surface area contributed by atoms with Gasteiger partial charge in [-0.05, 0) is 19.4 Å². The van der Waals surface area contributed by atoms with E-state index in [1.807, 2.05) is 31.4 Å². The fraction of sp³-hybridized carbons (Fsp3) is 0.357. The first-order valence-electron chi connectivity index (χ1n) is 5.91. The molecule has 0 atom stereocenters. The van der Waals surface area contributed by atoms with Gasteiger partial charge in [0.25, 0.3) is 0 Å². The number of hydrogen-bond donors (Lipinski definition) is 0. The van der Waals surface area contributed by atoms with Gasteiger partial charge in [-0.2, -0.15) is 0 Å². The molecule has 0 unspecified atom stereocenters. The first-order chi connectivity index (χ1) is 8.70. The molecule has 1 aromatic heterocycles. The van der Waals surface area contributed by atoms with Crippen LogP contribution in [0.25, 0.3) is 10.6 Å². The number of rotatable bonds is 5. The Morgan fingerprint density at radius 2 is 2.11 bits per heavy atom. The Balaban J connectivity index is 2.26. The van der Waals surface area contributed by atoms with Gasteiger partial charge in [-0.25, -0.2) is 4.98 Å². The lowest BCUT2D eigenvalue weighted by Gasteiger charge is -2.10. The summed E-state index contributed by atoms with van der Waals surface area (Å²) in [5, 5.41) is 3.01. The van der Waals surface area contributed by atoms with Gasteiger partial charge >= 0.3 is 0 Å². The van der Waals surface area contributed by atoms with Gasteiger partial charge < -0.3 is 4.74 Å². The van der Waals surface area contributed by atoms with Crippen LogP contribution in [0.1, 0.15) is 25.1 Å². The molecule has 2 nitrogen and oxygen atoms in total. The molecule has 0 aliphatic carbocycles. The smallest absolute Gasteiger partial charge is 0.124 e. The molecular weight excluding hydrogens is 266 g/mol. The quantitative estimate of drug-likeness (QED) is 0.754. The molecule has 0 saturated carbocycles. The van der Waals surface area contributed by atoms with Crippen LogP contribution in [-0.2, 0) is 17.2 Å². The molecule has 0 aliphatic rings. The van der Waals surface area contributed by atoms with Crippen molar-refractivity contribution in [3.63, 3.8) is 0 Å². The van der Waals surface area contributed by atoms with E-state index in [1.165, 1.54) is 5.56 Å². The van der Waals surface area contributed by atoms with Crippen LogP contribution in [0.15, 0.2) is 29.6 Å². The molecule has 2 rings (SSSR count). The van der Waals surface area contributed by atoms with Crippen LogP contribution in [0.5, 0.6) is 0 Å². The number of hydrogen-bond acceptors (Lipinski definition) is 3. The molecule has 0 spiro atoms. The standard InChI is InChI=1S/C14H16ClNOS/c1-10(2)17-8-11-5-3-4-6-13(11)14-16-12(7-15)9-18-14/h3-6,9-10H,7-8H2,1-2H3. The highest BCUT2D eigenvalue weighted by atomic mass is 35.5. The van der Waals surface area contributed by atoms with Crippen LogP contribution >= 0.6 is 22.9 Å². The topological polar surface area (TPSA) is 22.1 Å². The summed E-state index contributed by atoms with van der Waals surface area (Å²) in [6.45, 7) is 4.69. The monoisotopic (exact) mass is 281 g/mol. The molecule has 0 fully saturated rings. The van der Waals surface area contributed by atoms with Gasteiger partial charge in [-0.15, -0.1) is 22.9 Å². The van der Waals surface area contributed by atoms with Crippen LogP contribution in [0, 0.1) is 0 Å². The predicted molar refractivity (Wildman–Crippen MR) is 77.0 cm³/mol. The number of benzene rings is 1. The van der Waals surface area contributed by atoms with Crippen molar-refractivity contribution >= 4 is 22.9 Å². The van der Waals surface area contributed by atoms with E-state index >= 15 is 0 Å². The van der Waals surface area contributed by atoms with Gasteiger partial charge in [0.1, 0.15) is 5.01 Å². The van der Waals surface area contributed by atoms with Gasteiger partial charge in [0.2, 0.25) is 0 Å². The van der Waals surface area contributed by atoms with Gasteiger partial charge in [-0.3, -0.25) is 0 Å². The van der Waals surface area contributed by atoms with Crippen LogP contribution < -0.4 is 0 Å². The summed E-state index contributed by atoms with van der Waals surface area (Å²) in [5.74, 6) is 0.459. The summed E-state index contributed by atoms with van der Waals surface area (Å²) in [5.41, 5.74) is 3.23. The zero-order chi connectivity index (χ0) is 13.0. The molecule has 4 heteroatoms.